The first-order chi connectivity index (χ1) is 16.0. The Hall–Kier alpha value is -4.26. The van der Waals surface area contributed by atoms with Crippen molar-refractivity contribution >= 4 is 23.0 Å². The van der Waals surface area contributed by atoms with Crippen LogP contribution in [-0.4, -0.2) is 24.2 Å². The van der Waals surface area contributed by atoms with Gasteiger partial charge in [0.1, 0.15) is 12.4 Å². The number of carbonyl (C=O) groups excluding carboxylic acids is 1. The zero-order chi connectivity index (χ0) is 23.2. The van der Waals surface area contributed by atoms with Crippen LogP contribution in [0.4, 0.5) is 4.39 Å². The summed E-state index contributed by atoms with van der Waals surface area (Å²) in [6.07, 6.45) is 1.53. The van der Waals surface area contributed by atoms with Gasteiger partial charge in [0, 0.05) is 11.1 Å². The highest BCUT2D eigenvalue weighted by Crippen LogP contribution is 2.28. The standard InChI is InChI=1S/C26H22FN3O3/c1-17-13-22(21-5-3-4-6-23(21)29-17)26(31)30-28-15-19-9-12-24(25(14-19)32-2)33-16-18-7-10-20(27)11-8-18/h3-15H,16H2,1-2H3,(H,30,31)/b28-15+. The number of hydrogen-bond acceptors (Lipinski definition) is 5. The summed E-state index contributed by atoms with van der Waals surface area (Å²) >= 11 is 0. The molecule has 0 saturated heterocycles. The molecule has 0 aliphatic heterocycles. The van der Waals surface area contributed by atoms with Crippen molar-refractivity contribution in [3.63, 3.8) is 0 Å². The number of aromatic nitrogens is 1. The molecule has 0 aliphatic rings. The van der Waals surface area contributed by atoms with Crippen LogP contribution >= 0.6 is 0 Å². The fourth-order valence-corrected chi connectivity index (χ4v) is 3.35. The van der Waals surface area contributed by atoms with Crippen molar-refractivity contribution in [3.8, 4) is 11.5 Å². The summed E-state index contributed by atoms with van der Waals surface area (Å²) in [5.41, 5.74) is 6.15. The molecule has 0 aliphatic carbocycles. The third-order valence-corrected chi connectivity index (χ3v) is 4.96. The third kappa shape index (κ3) is 5.33. The van der Waals surface area contributed by atoms with Gasteiger partial charge in [0.2, 0.25) is 0 Å². The average Bonchev–Trinajstić information content (AvgIpc) is 2.83. The molecule has 1 aromatic heterocycles. The number of nitrogens with zero attached hydrogens (tertiary/aromatic N) is 2. The maximum atomic E-state index is 13.0. The Balaban J connectivity index is 1.44. The highest BCUT2D eigenvalue weighted by molar-refractivity contribution is 6.06. The summed E-state index contributed by atoms with van der Waals surface area (Å²) in [6, 6.07) is 20.6. The predicted octanol–water partition coefficient (Wildman–Crippen LogP) is 5.03. The summed E-state index contributed by atoms with van der Waals surface area (Å²) in [5, 5.41) is 4.85. The number of fused-ring (bicyclic) bond motifs is 1. The second-order valence-corrected chi connectivity index (χ2v) is 7.35. The van der Waals surface area contributed by atoms with Gasteiger partial charge in [-0.3, -0.25) is 9.78 Å². The van der Waals surface area contributed by atoms with Gasteiger partial charge in [-0.25, -0.2) is 9.82 Å². The molecule has 0 spiro atoms. The summed E-state index contributed by atoms with van der Waals surface area (Å²) in [4.78, 5) is 17.1. The summed E-state index contributed by atoms with van der Waals surface area (Å²) in [6.45, 7) is 2.12. The van der Waals surface area contributed by atoms with Crippen molar-refractivity contribution in [3.05, 3.63) is 101 Å². The zero-order valence-electron chi connectivity index (χ0n) is 18.2. The highest BCUT2D eigenvalue weighted by Gasteiger charge is 2.11. The van der Waals surface area contributed by atoms with Gasteiger partial charge in [-0.1, -0.05) is 30.3 Å². The van der Waals surface area contributed by atoms with E-state index >= 15 is 0 Å². The molecule has 6 nitrogen and oxygen atoms in total. The van der Waals surface area contributed by atoms with Gasteiger partial charge in [0.15, 0.2) is 11.5 Å². The minimum atomic E-state index is -0.320. The number of methoxy groups -OCH3 is 1. The van der Waals surface area contributed by atoms with E-state index in [0.717, 1.165) is 27.7 Å². The molecule has 1 amide bonds. The number of hydrogen-bond donors (Lipinski definition) is 1. The number of nitrogens with one attached hydrogen (secondary N) is 1. The minimum Gasteiger partial charge on any atom is -0.493 e. The molecular formula is C26H22FN3O3. The number of para-hydroxylation sites is 1. The molecule has 0 atom stereocenters. The van der Waals surface area contributed by atoms with Crippen LogP contribution in [0.1, 0.15) is 27.2 Å². The van der Waals surface area contributed by atoms with Crippen molar-refractivity contribution in [1.29, 1.82) is 0 Å². The number of amides is 1. The monoisotopic (exact) mass is 443 g/mol. The molecule has 0 fully saturated rings. The Morgan fingerprint density at radius 1 is 1.06 bits per heavy atom. The van der Waals surface area contributed by atoms with E-state index in [0.29, 0.717) is 17.1 Å². The zero-order valence-corrected chi connectivity index (χ0v) is 18.2. The topological polar surface area (TPSA) is 72.8 Å². The van der Waals surface area contributed by atoms with Gasteiger partial charge in [0.05, 0.1) is 24.4 Å². The lowest BCUT2D eigenvalue weighted by Crippen LogP contribution is -2.18. The summed E-state index contributed by atoms with van der Waals surface area (Å²) < 4.78 is 24.3. The van der Waals surface area contributed by atoms with E-state index < -0.39 is 0 Å². The first-order valence-corrected chi connectivity index (χ1v) is 10.3. The lowest BCUT2D eigenvalue weighted by Gasteiger charge is -2.11. The number of pyridine rings is 1. The van der Waals surface area contributed by atoms with E-state index in [2.05, 4.69) is 15.5 Å². The van der Waals surface area contributed by atoms with Crippen molar-refractivity contribution in [2.45, 2.75) is 13.5 Å². The van der Waals surface area contributed by atoms with Crippen LogP contribution in [0.15, 0.2) is 77.9 Å². The first-order valence-electron chi connectivity index (χ1n) is 10.3. The van der Waals surface area contributed by atoms with Crippen LogP contribution < -0.4 is 14.9 Å². The van der Waals surface area contributed by atoms with Gasteiger partial charge in [0.25, 0.3) is 5.91 Å². The molecule has 1 N–H and O–H groups in total. The van der Waals surface area contributed by atoms with Gasteiger partial charge >= 0.3 is 0 Å². The smallest absolute Gasteiger partial charge is 0.272 e. The first kappa shape index (κ1) is 22.0. The Morgan fingerprint density at radius 3 is 2.64 bits per heavy atom. The molecule has 3 aromatic carbocycles. The largest absolute Gasteiger partial charge is 0.493 e. The number of halogens is 1. The quantitative estimate of drug-likeness (QED) is 0.321. The van der Waals surface area contributed by atoms with Gasteiger partial charge < -0.3 is 9.47 Å². The SMILES string of the molecule is COc1cc(/C=N/NC(=O)c2cc(C)nc3ccccc23)ccc1OCc1ccc(F)cc1. The number of aryl methyl sites for hydroxylation is 1. The summed E-state index contributed by atoms with van der Waals surface area (Å²) in [7, 11) is 1.54. The third-order valence-electron chi connectivity index (χ3n) is 4.96. The Morgan fingerprint density at radius 2 is 1.85 bits per heavy atom. The molecule has 0 saturated carbocycles. The van der Waals surface area contributed by atoms with Crippen LogP contribution in [0.2, 0.25) is 0 Å². The van der Waals surface area contributed by atoms with E-state index in [1.54, 1.807) is 43.5 Å². The lowest BCUT2D eigenvalue weighted by molar-refractivity contribution is 0.0956. The molecule has 1 heterocycles. The molecule has 0 unspecified atom stereocenters. The van der Waals surface area contributed by atoms with Crippen molar-refractivity contribution in [2.75, 3.05) is 7.11 Å². The van der Waals surface area contributed by atoms with E-state index in [1.165, 1.54) is 18.3 Å². The number of hydrazone groups is 1. The average molecular weight is 443 g/mol. The van der Waals surface area contributed by atoms with Crippen LogP contribution in [0, 0.1) is 12.7 Å². The van der Waals surface area contributed by atoms with Crippen molar-refractivity contribution in [1.82, 2.24) is 10.4 Å². The predicted molar refractivity (Wildman–Crippen MR) is 125 cm³/mol. The molecule has 7 heteroatoms. The fraction of sp³-hybridized carbons (Fsp3) is 0.115. The Labute approximate surface area is 190 Å². The van der Waals surface area contributed by atoms with Crippen LogP contribution in [-0.2, 0) is 6.61 Å². The molecule has 0 radical (unpaired) electrons. The van der Waals surface area contributed by atoms with Gasteiger partial charge in [-0.05, 0) is 60.5 Å². The van der Waals surface area contributed by atoms with Crippen LogP contribution in [0.5, 0.6) is 11.5 Å². The molecule has 4 aromatic rings. The number of benzene rings is 3. The van der Waals surface area contributed by atoms with E-state index in [4.69, 9.17) is 9.47 Å². The van der Waals surface area contributed by atoms with Gasteiger partial charge in [-0.15, -0.1) is 0 Å². The van der Waals surface area contributed by atoms with Crippen molar-refractivity contribution in [2.24, 2.45) is 5.10 Å². The highest BCUT2D eigenvalue weighted by atomic mass is 19.1. The van der Waals surface area contributed by atoms with E-state index in [1.807, 2.05) is 31.2 Å². The second kappa shape index (κ2) is 9.91. The van der Waals surface area contributed by atoms with Crippen molar-refractivity contribution < 1.29 is 18.7 Å². The van der Waals surface area contributed by atoms with Crippen LogP contribution in [0.3, 0.4) is 0 Å². The maximum absolute atomic E-state index is 13.0. The molecule has 166 valence electrons. The molecule has 33 heavy (non-hydrogen) atoms. The molecular weight excluding hydrogens is 421 g/mol. The minimum absolute atomic E-state index is 0.277. The Bertz CT molecular complexity index is 1320. The number of rotatable bonds is 7. The maximum Gasteiger partial charge on any atom is 0.272 e. The molecule has 0 bridgehead atoms. The Kier molecular flexibility index (Phi) is 6.59. The van der Waals surface area contributed by atoms with Crippen LogP contribution in [0.25, 0.3) is 10.9 Å². The van der Waals surface area contributed by atoms with E-state index in [9.17, 15) is 9.18 Å². The fourth-order valence-electron chi connectivity index (χ4n) is 3.35. The summed E-state index contributed by atoms with van der Waals surface area (Å²) in [5.74, 6) is 0.448. The van der Waals surface area contributed by atoms with Gasteiger partial charge in [-0.2, -0.15) is 5.10 Å². The van der Waals surface area contributed by atoms with E-state index in [-0.39, 0.29) is 18.3 Å². The number of carbonyl (C=O) groups is 1. The second-order valence-electron chi connectivity index (χ2n) is 7.35. The number of ether oxygens (including phenoxy) is 2. The normalized spacial score (nSPS) is 11.0. The molecule has 4 rings (SSSR count). The lowest BCUT2D eigenvalue weighted by atomic mass is 10.1.